The maximum Gasteiger partial charge on any atom is 0.338 e. The molecule has 5 nitrogen and oxygen atoms in total. The number of para-hydroxylation sites is 1. The van der Waals surface area contributed by atoms with E-state index in [1.54, 1.807) is 36.4 Å². The van der Waals surface area contributed by atoms with Crippen LogP contribution >= 0.6 is 0 Å². The van der Waals surface area contributed by atoms with Crippen LogP contribution in [0.2, 0.25) is 0 Å². The molecule has 5 heteroatoms. The summed E-state index contributed by atoms with van der Waals surface area (Å²) >= 11 is 0. The number of nitrogens with zero attached hydrogens (tertiary/aromatic N) is 1. The van der Waals surface area contributed by atoms with E-state index < -0.39 is 18.5 Å². The van der Waals surface area contributed by atoms with Crippen molar-refractivity contribution in [1.29, 1.82) is 5.26 Å². The van der Waals surface area contributed by atoms with Gasteiger partial charge in [0.15, 0.2) is 6.61 Å². The zero-order valence-electron chi connectivity index (χ0n) is 14.3. The molecule has 0 aliphatic carbocycles. The van der Waals surface area contributed by atoms with Gasteiger partial charge in [-0.1, -0.05) is 38.1 Å². The van der Waals surface area contributed by atoms with E-state index in [4.69, 9.17) is 10.00 Å². The molecule has 0 heterocycles. The number of rotatable bonds is 6. The Morgan fingerprint density at radius 3 is 2.44 bits per heavy atom. The van der Waals surface area contributed by atoms with Gasteiger partial charge in [-0.15, -0.1) is 0 Å². The van der Waals surface area contributed by atoms with Crippen LogP contribution < -0.4 is 5.32 Å². The monoisotopic (exact) mass is 336 g/mol. The second-order valence-corrected chi connectivity index (χ2v) is 6.08. The molecule has 0 aromatic heterocycles. The number of benzene rings is 2. The van der Waals surface area contributed by atoms with Crippen molar-refractivity contribution in [3.05, 3.63) is 65.2 Å². The predicted octanol–water partition coefficient (Wildman–Crippen LogP) is 3.55. The normalized spacial score (nSPS) is 10.2. The zero-order valence-corrected chi connectivity index (χ0v) is 14.3. The third-order valence-electron chi connectivity index (χ3n) is 3.49. The summed E-state index contributed by atoms with van der Waals surface area (Å²) in [5.41, 5.74) is 2.29. The minimum absolute atomic E-state index is 0.350. The fraction of sp³-hybridized carbons (Fsp3) is 0.250. The van der Waals surface area contributed by atoms with Crippen LogP contribution in [0, 0.1) is 17.2 Å². The summed E-state index contributed by atoms with van der Waals surface area (Å²) in [6, 6.07) is 15.8. The maximum atomic E-state index is 12.0. The summed E-state index contributed by atoms with van der Waals surface area (Å²) in [4.78, 5) is 23.9. The average molecular weight is 336 g/mol. The molecular formula is C20H20N2O3. The molecule has 0 unspecified atom stereocenters. The zero-order chi connectivity index (χ0) is 18.2. The largest absolute Gasteiger partial charge is 0.452 e. The number of carbonyl (C=O) groups is 2. The van der Waals surface area contributed by atoms with Gasteiger partial charge in [-0.05, 0) is 42.2 Å². The molecule has 0 aliphatic rings. The van der Waals surface area contributed by atoms with Crippen molar-refractivity contribution in [3.63, 3.8) is 0 Å². The summed E-state index contributed by atoms with van der Waals surface area (Å²) in [6.45, 7) is 3.85. The van der Waals surface area contributed by atoms with Gasteiger partial charge >= 0.3 is 5.97 Å². The highest BCUT2D eigenvalue weighted by atomic mass is 16.5. The maximum absolute atomic E-state index is 12.0. The minimum atomic E-state index is -0.556. The van der Waals surface area contributed by atoms with Gasteiger partial charge in [0.1, 0.15) is 6.07 Å². The predicted molar refractivity (Wildman–Crippen MR) is 95.1 cm³/mol. The van der Waals surface area contributed by atoms with Crippen molar-refractivity contribution in [2.24, 2.45) is 5.92 Å². The molecule has 0 bridgehead atoms. The molecule has 128 valence electrons. The van der Waals surface area contributed by atoms with Crippen LogP contribution in [0.25, 0.3) is 0 Å². The van der Waals surface area contributed by atoms with Gasteiger partial charge in [0.05, 0.1) is 16.8 Å². The van der Waals surface area contributed by atoms with Crippen molar-refractivity contribution >= 4 is 17.6 Å². The molecule has 1 N–H and O–H groups in total. The molecule has 0 fully saturated rings. The first-order chi connectivity index (χ1) is 12.0. The Hall–Kier alpha value is -3.13. The molecular weight excluding hydrogens is 316 g/mol. The number of ether oxygens (including phenoxy) is 1. The molecule has 2 aromatic rings. The quantitative estimate of drug-likeness (QED) is 0.818. The van der Waals surface area contributed by atoms with Crippen LogP contribution in [0.3, 0.4) is 0 Å². The van der Waals surface area contributed by atoms with Crippen molar-refractivity contribution in [2.45, 2.75) is 20.3 Å². The Morgan fingerprint density at radius 2 is 1.80 bits per heavy atom. The summed E-state index contributed by atoms with van der Waals surface area (Å²) in [7, 11) is 0. The number of amides is 1. The van der Waals surface area contributed by atoms with Crippen LogP contribution in [-0.2, 0) is 16.0 Å². The van der Waals surface area contributed by atoms with Crippen LogP contribution in [0.4, 0.5) is 5.69 Å². The molecule has 2 rings (SSSR count). The van der Waals surface area contributed by atoms with Gasteiger partial charge in [-0.25, -0.2) is 4.79 Å². The first-order valence-electron chi connectivity index (χ1n) is 8.04. The molecule has 2 aromatic carbocycles. The Bertz CT molecular complexity index is 789. The van der Waals surface area contributed by atoms with Gasteiger partial charge in [-0.3, -0.25) is 4.79 Å². The van der Waals surface area contributed by atoms with Gasteiger partial charge < -0.3 is 10.1 Å². The highest BCUT2D eigenvalue weighted by Crippen LogP contribution is 2.14. The van der Waals surface area contributed by atoms with E-state index in [0.717, 1.165) is 12.0 Å². The van der Waals surface area contributed by atoms with Crippen molar-refractivity contribution in [1.82, 2.24) is 0 Å². The Labute approximate surface area is 147 Å². The summed E-state index contributed by atoms with van der Waals surface area (Å²) < 4.78 is 5.02. The van der Waals surface area contributed by atoms with Crippen molar-refractivity contribution in [3.8, 4) is 6.07 Å². The molecule has 1 amide bonds. The number of nitrogens with one attached hydrogen (secondary N) is 1. The van der Waals surface area contributed by atoms with Crippen LogP contribution in [0.5, 0.6) is 0 Å². The minimum Gasteiger partial charge on any atom is -0.452 e. The average Bonchev–Trinajstić information content (AvgIpc) is 2.60. The summed E-state index contributed by atoms with van der Waals surface area (Å²) in [6.07, 6.45) is 0.941. The molecule has 25 heavy (non-hydrogen) atoms. The first-order valence-corrected chi connectivity index (χ1v) is 8.04. The number of anilines is 1. The molecule has 0 spiro atoms. The smallest absolute Gasteiger partial charge is 0.338 e. The van der Waals surface area contributed by atoms with Gasteiger partial charge in [0, 0.05) is 0 Å². The molecule has 0 saturated heterocycles. The van der Waals surface area contributed by atoms with E-state index in [0.29, 0.717) is 22.7 Å². The Kier molecular flexibility index (Phi) is 6.30. The van der Waals surface area contributed by atoms with E-state index in [1.807, 2.05) is 18.2 Å². The third-order valence-corrected chi connectivity index (χ3v) is 3.49. The highest BCUT2D eigenvalue weighted by molar-refractivity contribution is 5.96. The fourth-order valence-corrected chi connectivity index (χ4v) is 2.34. The highest BCUT2D eigenvalue weighted by Gasteiger charge is 2.12. The number of nitriles is 1. The van der Waals surface area contributed by atoms with Gasteiger partial charge in [0.2, 0.25) is 0 Å². The Morgan fingerprint density at radius 1 is 1.12 bits per heavy atom. The number of hydrogen-bond acceptors (Lipinski definition) is 4. The van der Waals surface area contributed by atoms with E-state index in [1.165, 1.54) is 0 Å². The fourth-order valence-electron chi connectivity index (χ4n) is 2.34. The number of carbonyl (C=O) groups excluding carboxylic acids is 2. The molecule has 0 saturated carbocycles. The van der Waals surface area contributed by atoms with E-state index in [9.17, 15) is 9.59 Å². The van der Waals surface area contributed by atoms with E-state index in [-0.39, 0.29) is 0 Å². The van der Waals surface area contributed by atoms with E-state index in [2.05, 4.69) is 19.2 Å². The lowest BCUT2D eigenvalue weighted by molar-refractivity contribution is -0.119. The van der Waals surface area contributed by atoms with Crippen molar-refractivity contribution in [2.75, 3.05) is 11.9 Å². The SMILES string of the molecule is CC(C)Cc1ccc(C(=O)OCC(=O)Nc2ccccc2C#N)cc1. The van der Waals surface area contributed by atoms with Gasteiger partial charge in [0.25, 0.3) is 5.91 Å². The lowest BCUT2D eigenvalue weighted by Crippen LogP contribution is -2.21. The Balaban J connectivity index is 1.89. The lowest BCUT2D eigenvalue weighted by atomic mass is 10.0. The molecule has 0 radical (unpaired) electrons. The molecule has 0 aliphatic heterocycles. The summed E-state index contributed by atoms with van der Waals surface area (Å²) in [5.74, 6) is -0.509. The van der Waals surface area contributed by atoms with Crippen LogP contribution in [0.1, 0.15) is 35.3 Å². The lowest BCUT2D eigenvalue weighted by Gasteiger charge is -2.08. The standard InChI is InChI=1S/C20H20N2O3/c1-14(2)11-15-7-9-16(10-8-15)20(24)25-13-19(23)22-18-6-4-3-5-17(18)12-21/h3-10,14H,11,13H2,1-2H3,(H,22,23). The summed E-state index contributed by atoms with van der Waals surface area (Å²) in [5, 5.41) is 11.5. The third kappa shape index (κ3) is 5.47. The number of hydrogen-bond donors (Lipinski definition) is 1. The second-order valence-electron chi connectivity index (χ2n) is 6.08. The topological polar surface area (TPSA) is 79.2 Å². The molecule has 0 atom stereocenters. The van der Waals surface area contributed by atoms with E-state index >= 15 is 0 Å². The van der Waals surface area contributed by atoms with Crippen LogP contribution in [-0.4, -0.2) is 18.5 Å². The number of esters is 1. The first kappa shape index (κ1) is 18.2. The van der Waals surface area contributed by atoms with Crippen molar-refractivity contribution < 1.29 is 14.3 Å². The van der Waals surface area contributed by atoms with Crippen LogP contribution in [0.15, 0.2) is 48.5 Å². The van der Waals surface area contributed by atoms with Gasteiger partial charge in [-0.2, -0.15) is 5.26 Å². The second kappa shape index (κ2) is 8.65.